The zero-order valence-corrected chi connectivity index (χ0v) is 20.4. The van der Waals surface area contributed by atoms with Crippen LogP contribution in [0.5, 0.6) is 0 Å². The van der Waals surface area contributed by atoms with Gasteiger partial charge in [0.1, 0.15) is 17.3 Å². The van der Waals surface area contributed by atoms with Gasteiger partial charge in [-0.25, -0.2) is 14.2 Å². The summed E-state index contributed by atoms with van der Waals surface area (Å²) in [4.78, 5) is 15.9. The Morgan fingerprint density at radius 2 is 1.81 bits per heavy atom. The molecule has 1 fully saturated rings. The first-order chi connectivity index (χ1) is 17.5. The van der Waals surface area contributed by atoms with Crippen molar-refractivity contribution in [3.8, 4) is 11.5 Å². The number of aromatic carboxylic acids is 1. The lowest BCUT2D eigenvalue weighted by molar-refractivity contribution is -0.137. The summed E-state index contributed by atoms with van der Waals surface area (Å²) < 4.78 is 70.5. The summed E-state index contributed by atoms with van der Waals surface area (Å²) in [6.07, 6.45) is -1.85. The van der Waals surface area contributed by atoms with E-state index in [1.165, 1.54) is 0 Å². The number of benzene rings is 2. The standard InChI is InChI=1S/C27H27F4NO5/c1-15-5-3-6-17(24(15)26(33)34)13-35-21-7-4-8-22(12-21)36-14-23-16(2)37-25(32-23)18-9-19(27(29,30)31)11-20(28)10-18/h3,5-6,9-11,21-22H,4,7-8,12-14H2,1-2H3,(H,33,34)/t21-,22+/m1/s1. The molecule has 198 valence electrons. The molecule has 3 aromatic rings. The van der Waals surface area contributed by atoms with Crippen LogP contribution in [0.15, 0.2) is 40.8 Å². The molecule has 2 atom stereocenters. The Morgan fingerprint density at radius 3 is 2.49 bits per heavy atom. The van der Waals surface area contributed by atoms with Crippen LogP contribution < -0.4 is 0 Å². The lowest BCUT2D eigenvalue weighted by Crippen LogP contribution is -2.28. The molecule has 0 unspecified atom stereocenters. The van der Waals surface area contributed by atoms with Gasteiger partial charge in [0.2, 0.25) is 5.89 Å². The van der Waals surface area contributed by atoms with Gasteiger partial charge in [-0.05, 0) is 68.9 Å². The Labute approximate surface area is 211 Å². The zero-order valence-electron chi connectivity index (χ0n) is 20.4. The zero-order chi connectivity index (χ0) is 26.7. The number of alkyl halides is 3. The van der Waals surface area contributed by atoms with Gasteiger partial charge in [-0.15, -0.1) is 0 Å². The van der Waals surface area contributed by atoms with E-state index in [0.29, 0.717) is 35.1 Å². The maximum Gasteiger partial charge on any atom is 0.416 e. The SMILES string of the molecule is Cc1cccc(CO[C@@H]2CCC[C@H](OCc3nc(-c4cc(F)cc(C(F)(F)F)c4)oc3C)C2)c1C(=O)O. The molecule has 0 saturated heterocycles. The van der Waals surface area contributed by atoms with Gasteiger partial charge in [0.05, 0.1) is 36.5 Å². The number of halogens is 4. The molecule has 6 nitrogen and oxygen atoms in total. The Balaban J connectivity index is 1.37. The lowest BCUT2D eigenvalue weighted by atomic mass is 9.94. The highest BCUT2D eigenvalue weighted by Crippen LogP contribution is 2.34. The van der Waals surface area contributed by atoms with E-state index < -0.39 is 23.5 Å². The van der Waals surface area contributed by atoms with Crippen molar-refractivity contribution in [2.45, 2.75) is 71.1 Å². The number of aryl methyl sites for hydroxylation is 2. The van der Waals surface area contributed by atoms with Crippen molar-refractivity contribution in [2.75, 3.05) is 0 Å². The number of hydrogen-bond donors (Lipinski definition) is 1. The summed E-state index contributed by atoms with van der Waals surface area (Å²) >= 11 is 0. The molecule has 1 aliphatic carbocycles. The molecule has 0 bridgehead atoms. The van der Waals surface area contributed by atoms with E-state index in [0.717, 1.165) is 31.4 Å². The topological polar surface area (TPSA) is 81.8 Å². The quantitative estimate of drug-likeness (QED) is 0.326. The number of carbonyl (C=O) groups is 1. The molecule has 10 heteroatoms. The van der Waals surface area contributed by atoms with E-state index in [2.05, 4.69) is 4.98 Å². The van der Waals surface area contributed by atoms with Crippen LogP contribution in [0.3, 0.4) is 0 Å². The molecule has 0 amide bonds. The molecule has 1 aromatic heterocycles. The second kappa shape index (κ2) is 11.0. The van der Waals surface area contributed by atoms with Gasteiger partial charge >= 0.3 is 12.1 Å². The molecule has 1 heterocycles. The van der Waals surface area contributed by atoms with Crippen molar-refractivity contribution in [3.05, 3.63) is 75.9 Å². The van der Waals surface area contributed by atoms with Crippen LogP contribution in [0, 0.1) is 19.7 Å². The smallest absolute Gasteiger partial charge is 0.416 e. The predicted octanol–water partition coefficient (Wildman–Crippen LogP) is 6.86. The van der Waals surface area contributed by atoms with Gasteiger partial charge in [0.15, 0.2) is 0 Å². The van der Waals surface area contributed by atoms with Gasteiger partial charge in [0.25, 0.3) is 0 Å². The molecule has 0 spiro atoms. The molecule has 0 radical (unpaired) electrons. The number of carboxylic acids is 1. The highest BCUT2D eigenvalue weighted by Gasteiger charge is 2.32. The minimum Gasteiger partial charge on any atom is -0.478 e. The number of carboxylic acid groups (broad SMARTS) is 1. The number of rotatable bonds is 8. The monoisotopic (exact) mass is 521 g/mol. The van der Waals surface area contributed by atoms with Crippen LogP contribution >= 0.6 is 0 Å². The number of oxazole rings is 1. The van der Waals surface area contributed by atoms with E-state index in [9.17, 15) is 27.5 Å². The van der Waals surface area contributed by atoms with Gasteiger partial charge in [0, 0.05) is 5.56 Å². The summed E-state index contributed by atoms with van der Waals surface area (Å²) in [6, 6.07) is 7.46. The average molecular weight is 522 g/mol. The van der Waals surface area contributed by atoms with Gasteiger partial charge in [-0.3, -0.25) is 0 Å². The van der Waals surface area contributed by atoms with Crippen molar-refractivity contribution in [1.29, 1.82) is 0 Å². The van der Waals surface area contributed by atoms with Crippen LogP contribution in [0.25, 0.3) is 11.5 Å². The molecule has 1 saturated carbocycles. The highest BCUT2D eigenvalue weighted by atomic mass is 19.4. The fourth-order valence-corrected chi connectivity index (χ4v) is 4.53. The first kappa shape index (κ1) is 26.8. The Bertz CT molecular complexity index is 1270. The van der Waals surface area contributed by atoms with Crippen LogP contribution in [-0.4, -0.2) is 28.3 Å². The second-order valence-electron chi connectivity index (χ2n) is 9.20. The minimum absolute atomic E-state index is 0.0786. The van der Waals surface area contributed by atoms with Crippen molar-refractivity contribution in [3.63, 3.8) is 0 Å². The minimum atomic E-state index is -4.70. The van der Waals surface area contributed by atoms with Crippen LogP contribution in [0.2, 0.25) is 0 Å². The van der Waals surface area contributed by atoms with E-state index in [4.69, 9.17) is 13.9 Å². The highest BCUT2D eigenvalue weighted by molar-refractivity contribution is 5.91. The first-order valence-corrected chi connectivity index (χ1v) is 11.9. The maximum atomic E-state index is 13.8. The van der Waals surface area contributed by atoms with Gasteiger partial charge < -0.3 is 19.0 Å². The van der Waals surface area contributed by atoms with Crippen LogP contribution in [0.4, 0.5) is 17.6 Å². The first-order valence-electron chi connectivity index (χ1n) is 11.9. The Morgan fingerprint density at radius 1 is 1.11 bits per heavy atom. The van der Waals surface area contributed by atoms with Crippen molar-refractivity contribution in [1.82, 2.24) is 4.98 Å². The number of ether oxygens (including phenoxy) is 2. The molecule has 1 N–H and O–H groups in total. The van der Waals surface area contributed by atoms with E-state index in [1.54, 1.807) is 32.0 Å². The van der Waals surface area contributed by atoms with Gasteiger partial charge in [-0.2, -0.15) is 13.2 Å². The average Bonchev–Trinajstić information content (AvgIpc) is 3.21. The number of aromatic nitrogens is 1. The Kier molecular flexibility index (Phi) is 7.99. The second-order valence-corrected chi connectivity index (χ2v) is 9.20. The van der Waals surface area contributed by atoms with E-state index >= 15 is 0 Å². The molecule has 4 rings (SSSR count). The Hall–Kier alpha value is -3.24. The van der Waals surface area contributed by atoms with E-state index in [1.807, 2.05) is 0 Å². The summed E-state index contributed by atoms with van der Waals surface area (Å²) in [6.45, 7) is 3.63. The maximum absolute atomic E-state index is 13.8. The molecular weight excluding hydrogens is 494 g/mol. The fourth-order valence-electron chi connectivity index (χ4n) is 4.53. The number of hydrogen-bond acceptors (Lipinski definition) is 5. The fraction of sp³-hybridized carbons (Fsp3) is 0.407. The third kappa shape index (κ3) is 6.56. The van der Waals surface area contributed by atoms with Crippen molar-refractivity contribution < 1.29 is 41.4 Å². The largest absolute Gasteiger partial charge is 0.478 e. The number of nitrogens with zero attached hydrogens (tertiary/aromatic N) is 1. The third-order valence-corrected chi connectivity index (χ3v) is 6.45. The van der Waals surface area contributed by atoms with Crippen LogP contribution in [0.1, 0.15) is 64.2 Å². The van der Waals surface area contributed by atoms with Gasteiger partial charge in [-0.1, -0.05) is 18.2 Å². The van der Waals surface area contributed by atoms with Crippen molar-refractivity contribution in [2.24, 2.45) is 0 Å². The summed E-state index contributed by atoms with van der Waals surface area (Å²) in [7, 11) is 0. The predicted molar refractivity (Wildman–Crippen MR) is 125 cm³/mol. The summed E-state index contributed by atoms with van der Waals surface area (Å²) in [5.74, 6) is -1.76. The molecule has 37 heavy (non-hydrogen) atoms. The lowest BCUT2D eigenvalue weighted by Gasteiger charge is -2.29. The third-order valence-electron chi connectivity index (χ3n) is 6.45. The molecule has 0 aliphatic heterocycles. The molecule has 2 aromatic carbocycles. The molecular formula is C27H27F4NO5. The normalized spacial score (nSPS) is 18.2. The van der Waals surface area contributed by atoms with Crippen LogP contribution in [-0.2, 0) is 28.9 Å². The summed E-state index contributed by atoms with van der Waals surface area (Å²) in [5.41, 5.74) is 0.738. The molecule has 1 aliphatic rings. The van der Waals surface area contributed by atoms with E-state index in [-0.39, 0.29) is 42.4 Å². The summed E-state index contributed by atoms with van der Waals surface area (Å²) in [5, 5.41) is 9.51. The van der Waals surface area contributed by atoms with Crippen molar-refractivity contribution >= 4 is 5.97 Å².